The van der Waals surface area contributed by atoms with Crippen LogP contribution >= 0.6 is 0 Å². The number of aliphatic hydroxyl groups is 1. The summed E-state index contributed by atoms with van der Waals surface area (Å²) in [5, 5.41) is 8.69. The molecule has 0 amide bonds. The third kappa shape index (κ3) is 1.50. The number of hydrogen-bond acceptors (Lipinski definition) is 2. The van der Waals surface area contributed by atoms with Crippen molar-refractivity contribution < 1.29 is 5.11 Å². The molecule has 1 N–H and O–H groups in total. The van der Waals surface area contributed by atoms with Crippen LogP contribution in [-0.2, 0) is 0 Å². The Labute approximate surface area is 62.8 Å². The van der Waals surface area contributed by atoms with Crippen molar-refractivity contribution in [2.45, 2.75) is 26.3 Å². The van der Waals surface area contributed by atoms with E-state index in [1.165, 1.54) is 13.0 Å². The third-order valence-electron chi connectivity index (χ3n) is 2.66. The van der Waals surface area contributed by atoms with Crippen LogP contribution in [0.15, 0.2) is 0 Å². The van der Waals surface area contributed by atoms with Crippen molar-refractivity contribution in [1.29, 1.82) is 0 Å². The van der Waals surface area contributed by atoms with Gasteiger partial charge in [0.1, 0.15) is 0 Å². The third-order valence-corrected chi connectivity index (χ3v) is 2.66. The standard InChI is InChI=1S/C8H17NO/c1-7-3-4-9(5-6-10)8(7)2/h7-8,10H,3-6H2,1-2H3/t7-,8-/m1/s1. The molecule has 0 bridgehead atoms. The van der Waals surface area contributed by atoms with E-state index >= 15 is 0 Å². The van der Waals surface area contributed by atoms with Crippen molar-refractivity contribution in [3.05, 3.63) is 0 Å². The smallest absolute Gasteiger partial charge is 0.0558 e. The molecule has 0 aromatic rings. The van der Waals surface area contributed by atoms with Crippen molar-refractivity contribution in [3.63, 3.8) is 0 Å². The summed E-state index contributed by atoms with van der Waals surface area (Å²) in [6.45, 7) is 6.85. The first kappa shape index (κ1) is 8.02. The molecule has 2 heteroatoms. The van der Waals surface area contributed by atoms with Gasteiger partial charge in [-0.3, -0.25) is 4.90 Å². The molecule has 0 aromatic carbocycles. The molecule has 1 heterocycles. The second-order valence-corrected chi connectivity index (χ2v) is 3.27. The molecule has 0 radical (unpaired) electrons. The molecule has 1 saturated heterocycles. The first-order valence-corrected chi connectivity index (χ1v) is 4.10. The van der Waals surface area contributed by atoms with Gasteiger partial charge in [0.05, 0.1) is 6.61 Å². The molecule has 1 rings (SSSR count). The van der Waals surface area contributed by atoms with Gasteiger partial charge in [0, 0.05) is 12.6 Å². The highest BCUT2D eigenvalue weighted by Gasteiger charge is 2.25. The van der Waals surface area contributed by atoms with Crippen molar-refractivity contribution >= 4 is 0 Å². The van der Waals surface area contributed by atoms with E-state index in [0.717, 1.165) is 12.5 Å². The fourth-order valence-corrected chi connectivity index (χ4v) is 1.62. The van der Waals surface area contributed by atoms with Crippen LogP contribution in [0.2, 0.25) is 0 Å². The van der Waals surface area contributed by atoms with Crippen LogP contribution in [-0.4, -0.2) is 35.7 Å². The summed E-state index contributed by atoms with van der Waals surface area (Å²) in [6.07, 6.45) is 1.29. The zero-order valence-electron chi connectivity index (χ0n) is 6.88. The molecular weight excluding hydrogens is 126 g/mol. The molecule has 0 aromatic heterocycles. The van der Waals surface area contributed by atoms with Gasteiger partial charge in [-0.1, -0.05) is 6.92 Å². The van der Waals surface area contributed by atoms with Crippen LogP contribution in [0.25, 0.3) is 0 Å². The maximum atomic E-state index is 8.69. The first-order valence-electron chi connectivity index (χ1n) is 4.10. The largest absolute Gasteiger partial charge is 0.395 e. The second kappa shape index (κ2) is 3.35. The molecule has 10 heavy (non-hydrogen) atoms. The molecular formula is C8H17NO. The Morgan fingerprint density at radius 1 is 1.50 bits per heavy atom. The van der Waals surface area contributed by atoms with E-state index in [0.29, 0.717) is 12.6 Å². The van der Waals surface area contributed by atoms with Crippen molar-refractivity contribution in [2.24, 2.45) is 5.92 Å². The predicted octanol–water partition coefficient (Wildman–Crippen LogP) is 0.709. The van der Waals surface area contributed by atoms with Gasteiger partial charge >= 0.3 is 0 Å². The van der Waals surface area contributed by atoms with Crippen LogP contribution in [0.3, 0.4) is 0 Å². The first-order chi connectivity index (χ1) is 4.75. The SMILES string of the molecule is C[C@@H]1CCN(CCO)[C@@H]1C. The molecule has 1 aliphatic heterocycles. The lowest BCUT2D eigenvalue weighted by atomic mass is 10.1. The van der Waals surface area contributed by atoms with Gasteiger partial charge in [0.2, 0.25) is 0 Å². The molecule has 1 aliphatic rings. The molecule has 0 aliphatic carbocycles. The summed E-state index contributed by atoms with van der Waals surface area (Å²) in [5.41, 5.74) is 0. The summed E-state index contributed by atoms with van der Waals surface area (Å²) in [6, 6.07) is 0.673. The fraction of sp³-hybridized carbons (Fsp3) is 1.00. The van der Waals surface area contributed by atoms with Gasteiger partial charge in [-0.2, -0.15) is 0 Å². The average Bonchev–Trinajstić information content (AvgIpc) is 2.20. The minimum atomic E-state index is 0.303. The Hall–Kier alpha value is -0.0800. The molecule has 1 fully saturated rings. The Kier molecular flexibility index (Phi) is 2.69. The van der Waals surface area contributed by atoms with E-state index in [9.17, 15) is 0 Å². The number of hydrogen-bond donors (Lipinski definition) is 1. The Balaban J connectivity index is 2.33. The van der Waals surface area contributed by atoms with Crippen LogP contribution in [0.5, 0.6) is 0 Å². The maximum Gasteiger partial charge on any atom is 0.0558 e. The maximum absolute atomic E-state index is 8.69. The van der Waals surface area contributed by atoms with Gasteiger partial charge in [-0.05, 0) is 25.8 Å². The highest BCUT2D eigenvalue weighted by molar-refractivity contribution is 4.80. The summed E-state index contributed by atoms with van der Waals surface area (Å²) in [7, 11) is 0. The van der Waals surface area contributed by atoms with E-state index < -0.39 is 0 Å². The minimum absolute atomic E-state index is 0.303. The lowest BCUT2D eigenvalue weighted by Gasteiger charge is -2.21. The van der Waals surface area contributed by atoms with Crippen LogP contribution in [0, 0.1) is 5.92 Å². The van der Waals surface area contributed by atoms with Gasteiger partial charge < -0.3 is 5.11 Å². The summed E-state index contributed by atoms with van der Waals surface area (Å²) in [4.78, 5) is 2.35. The molecule has 2 atom stereocenters. The van der Waals surface area contributed by atoms with E-state index in [4.69, 9.17) is 5.11 Å². The Bertz CT molecular complexity index is 103. The molecule has 0 unspecified atom stereocenters. The zero-order valence-corrected chi connectivity index (χ0v) is 6.88. The summed E-state index contributed by atoms with van der Waals surface area (Å²) in [5.74, 6) is 0.812. The zero-order chi connectivity index (χ0) is 7.56. The minimum Gasteiger partial charge on any atom is -0.395 e. The quantitative estimate of drug-likeness (QED) is 0.615. The van der Waals surface area contributed by atoms with Crippen LogP contribution in [0.4, 0.5) is 0 Å². The van der Waals surface area contributed by atoms with Crippen molar-refractivity contribution in [2.75, 3.05) is 19.7 Å². The highest BCUT2D eigenvalue weighted by Crippen LogP contribution is 2.22. The Morgan fingerprint density at radius 3 is 2.60 bits per heavy atom. The molecule has 2 nitrogen and oxygen atoms in total. The average molecular weight is 143 g/mol. The van der Waals surface area contributed by atoms with Gasteiger partial charge in [-0.15, -0.1) is 0 Å². The lowest BCUT2D eigenvalue weighted by Crippen LogP contribution is -2.31. The number of nitrogens with zero attached hydrogens (tertiary/aromatic N) is 1. The van der Waals surface area contributed by atoms with E-state index in [2.05, 4.69) is 18.7 Å². The summed E-state index contributed by atoms with van der Waals surface area (Å²) < 4.78 is 0. The fourth-order valence-electron chi connectivity index (χ4n) is 1.62. The van der Waals surface area contributed by atoms with Crippen molar-refractivity contribution in [1.82, 2.24) is 4.90 Å². The number of rotatable bonds is 2. The molecule has 0 spiro atoms. The van der Waals surface area contributed by atoms with Crippen LogP contribution < -0.4 is 0 Å². The van der Waals surface area contributed by atoms with Gasteiger partial charge in [0.25, 0.3) is 0 Å². The Morgan fingerprint density at radius 2 is 2.20 bits per heavy atom. The van der Waals surface area contributed by atoms with Crippen LogP contribution in [0.1, 0.15) is 20.3 Å². The summed E-state index contributed by atoms with van der Waals surface area (Å²) >= 11 is 0. The topological polar surface area (TPSA) is 23.5 Å². The number of aliphatic hydroxyl groups excluding tert-OH is 1. The molecule has 60 valence electrons. The number of likely N-dealkylation sites (tertiary alicyclic amines) is 1. The molecule has 0 saturated carbocycles. The van der Waals surface area contributed by atoms with Crippen molar-refractivity contribution in [3.8, 4) is 0 Å². The second-order valence-electron chi connectivity index (χ2n) is 3.27. The van der Waals surface area contributed by atoms with E-state index in [1.807, 2.05) is 0 Å². The van der Waals surface area contributed by atoms with Gasteiger partial charge in [-0.25, -0.2) is 0 Å². The lowest BCUT2D eigenvalue weighted by molar-refractivity contribution is 0.182. The monoisotopic (exact) mass is 143 g/mol. The normalized spacial score (nSPS) is 35.1. The predicted molar refractivity (Wildman–Crippen MR) is 41.9 cm³/mol. The van der Waals surface area contributed by atoms with Gasteiger partial charge in [0.15, 0.2) is 0 Å². The van der Waals surface area contributed by atoms with E-state index in [1.54, 1.807) is 0 Å². The number of β-amino-alcohol motifs (C(OH)–C–C–N with tert-alkyl or cyclic N) is 1. The highest BCUT2D eigenvalue weighted by atomic mass is 16.3. The van der Waals surface area contributed by atoms with E-state index in [-0.39, 0.29) is 0 Å².